The fourth-order valence-corrected chi connectivity index (χ4v) is 4.67. The third kappa shape index (κ3) is 4.60. The van der Waals surface area contributed by atoms with Crippen LogP contribution < -0.4 is 5.32 Å². The number of amidine groups is 1. The molecule has 1 atom stereocenters. The highest BCUT2D eigenvalue weighted by molar-refractivity contribution is 8.16. The monoisotopic (exact) mass is 448 g/mol. The number of fused-ring (bicyclic) bond motifs is 1. The van der Waals surface area contributed by atoms with E-state index in [0.29, 0.717) is 17.8 Å². The summed E-state index contributed by atoms with van der Waals surface area (Å²) in [4.78, 5) is 36.4. The van der Waals surface area contributed by atoms with Crippen molar-refractivity contribution in [3.63, 3.8) is 0 Å². The minimum Gasteiger partial charge on any atom is -0.463 e. The van der Waals surface area contributed by atoms with Gasteiger partial charge in [-0.3, -0.25) is 9.78 Å². The number of nitrogens with one attached hydrogen (secondary N) is 1. The standard InChI is InChI=1S/C24H24N4O3S/c1-3-31-23(30)21-16(2)27-24-28(22(21)17-9-5-4-6-10-17)19(15-32-24)13-20(29)26-14-18-11-7-8-12-25-18/h4-12,15,22H,3,13-14H2,1-2H3,(H,26,29). The molecule has 0 saturated heterocycles. The van der Waals surface area contributed by atoms with E-state index in [1.165, 1.54) is 11.8 Å². The number of thioether (sulfide) groups is 1. The lowest BCUT2D eigenvalue weighted by Gasteiger charge is -2.36. The molecular weight excluding hydrogens is 424 g/mol. The Bertz CT molecular complexity index is 1100. The smallest absolute Gasteiger partial charge is 0.338 e. The van der Waals surface area contributed by atoms with Gasteiger partial charge >= 0.3 is 5.97 Å². The molecule has 32 heavy (non-hydrogen) atoms. The normalized spacial score (nSPS) is 17.4. The van der Waals surface area contributed by atoms with Crippen LogP contribution in [0.2, 0.25) is 0 Å². The molecule has 4 rings (SSSR count). The van der Waals surface area contributed by atoms with Crippen molar-refractivity contribution < 1.29 is 14.3 Å². The van der Waals surface area contributed by atoms with E-state index in [-0.39, 0.29) is 18.9 Å². The first-order valence-electron chi connectivity index (χ1n) is 10.4. The predicted molar refractivity (Wildman–Crippen MR) is 124 cm³/mol. The zero-order valence-electron chi connectivity index (χ0n) is 17.9. The second kappa shape index (κ2) is 9.82. The molecule has 0 fully saturated rings. The van der Waals surface area contributed by atoms with Gasteiger partial charge in [0.1, 0.15) is 0 Å². The summed E-state index contributed by atoms with van der Waals surface area (Å²) >= 11 is 1.46. The third-order valence-corrected chi connectivity index (χ3v) is 6.03. The molecule has 2 aliphatic rings. The Hall–Kier alpha value is -3.39. The van der Waals surface area contributed by atoms with Crippen LogP contribution in [0.5, 0.6) is 0 Å². The number of aliphatic imine (C=N–C) groups is 1. The second-order valence-corrected chi connectivity index (χ2v) is 8.14. The second-order valence-electron chi connectivity index (χ2n) is 7.30. The SMILES string of the molecule is CCOC(=O)C1=C(C)N=C2SC=C(CC(=O)NCc3ccccn3)N2C1c1ccccc1. The molecule has 8 heteroatoms. The van der Waals surface area contributed by atoms with Crippen LogP contribution in [-0.2, 0) is 20.9 Å². The molecule has 164 valence electrons. The number of benzene rings is 1. The first-order chi connectivity index (χ1) is 15.6. The van der Waals surface area contributed by atoms with Crippen LogP contribution in [0.1, 0.15) is 37.6 Å². The van der Waals surface area contributed by atoms with Crippen LogP contribution in [0.15, 0.2) is 82.1 Å². The number of hydrogen-bond donors (Lipinski definition) is 1. The topological polar surface area (TPSA) is 83.9 Å². The zero-order valence-corrected chi connectivity index (χ0v) is 18.8. The van der Waals surface area contributed by atoms with E-state index < -0.39 is 12.0 Å². The van der Waals surface area contributed by atoms with Gasteiger partial charge in [-0.05, 0) is 37.0 Å². The van der Waals surface area contributed by atoms with Crippen molar-refractivity contribution in [3.05, 3.63) is 88.4 Å². The minimum atomic E-state index is -0.410. The van der Waals surface area contributed by atoms with E-state index in [2.05, 4.69) is 15.3 Å². The molecule has 0 spiro atoms. The number of aromatic nitrogens is 1. The first kappa shape index (κ1) is 21.8. The van der Waals surface area contributed by atoms with E-state index in [9.17, 15) is 9.59 Å². The van der Waals surface area contributed by atoms with Gasteiger partial charge < -0.3 is 15.0 Å². The van der Waals surface area contributed by atoms with E-state index in [0.717, 1.165) is 22.1 Å². The molecule has 1 N–H and O–H groups in total. The van der Waals surface area contributed by atoms with Crippen molar-refractivity contribution in [2.24, 2.45) is 4.99 Å². The Morgan fingerprint density at radius 3 is 2.66 bits per heavy atom. The minimum absolute atomic E-state index is 0.125. The number of nitrogens with zero attached hydrogens (tertiary/aromatic N) is 3. The molecule has 1 unspecified atom stereocenters. The average molecular weight is 449 g/mol. The number of pyridine rings is 1. The largest absolute Gasteiger partial charge is 0.463 e. The Kier molecular flexibility index (Phi) is 6.70. The van der Waals surface area contributed by atoms with Crippen LogP contribution in [0.25, 0.3) is 0 Å². The van der Waals surface area contributed by atoms with Gasteiger partial charge in [0.25, 0.3) is 0 Å². The van der Waals surface area contributed by atoms with Gasteiger partial charge in [0.2, 0.25) is 5.91 Å². The van der Waals surface area contributed by atoms with Crippen LogP contribution >= 0.6 is 11.8 Å². The summed E-state index contributed by atoms with van der Waals surface area (Å²) in [5, 5.41) is 5.59. The van der Waals surface area contributed by atoms with Crippen LogP contribution in [0, 0.1) is 0 Å². The molecule has 0 radical (unpaired) electrons. The number of amides is 1. The predicted octanol–water partition coefficient (Wildman–Crippen LogP) is 3.93. The Balaban J connectivity index is 1.59. The lowest BCUT2D eigenvalue weighted by atomic mass is 9.94. The lowest BCUT2D eigenvalue weighted by Crippen LogP contribution is -2.38. The number of esters is 1. The molecule has 1 aromatic heterocycles. The highest BCUT2D eigenvalue weighted by Crippen LogP contribution is 2.44. The molecule has 2 aromatic rings. The van der Waals surface area contributed by atoms with E-state index in [1.807, 2.05) is 65.8 Å². The highest BCUT2D eigenvalue weighted by atomic mass is 32.2. The van der Waals surface area contributed by atoms with Crippen molar-refractivity contribution in [1.29, 1.82) is 0 Å². The number of rotatable bonds is 7. The molecule has 2 aliphatic heterocycles. The van der Waals surface area contributed by atoms with Crippen LogP contribution in [-0.4, -0.2) is 33.5 Å². The zero-order chi connectivity index (χ0) is 22.5. The van der Waals surface area contributed by atoms with Gasteiger partial charge in [0.05, 0.1) is 42.6 Å². The van der Waals surface area contributed by atoms with E-state index >= 15 is 0 Å². The van der Waals surface area contributed by atoms with Gasteiger partial charge in [-0.1, -0.05) is 48.2 Å². The number of carbonyl (C=O) groups excluding carboxylic acids is 2. The maximum atomic E-state index is 12.9. The third-order valence-electron chi connectivity index (χ3n) is 5.15. The van der Waals surface area contributed by atoms with Crippen molar-refractivity contribution in [3.8, 4) is 0 Å². The summed E-state index contributed by atoms with van der Waals surface area (Å²) in [6.07, 6.45) is 1.86. The molecule has 0 bridgehead atoms. The van der Waals surface area contributed by atoms with Gasteiger partial charge in [-0.15, -0.1) is 0 Å². The molecule has 3 heterocycles. The molecule has 0 aliphatic carbocycles. The maximum absolute atomic E-state index is 12.9. The summed E-state index contributed by atoms with van der Waals surface area (Å²) in [5.41, 5.74) is 3.63. The summed E-state index contributed by atoms with van der Waals surface area (Å²) in [7, 11) is 0. The van der Waals surface area contributed by atoms with E-state index in [1.54, 1.807) is 13.1 Å². The van der Waals surface area contributed by atoms with Crippen molar-refractivity contribution >= 4 is 28.8 Å². The quantitative estimate of drug-likeness (QED) is 0.647. The fraction of sp³-hybridized carbons (Fsp3) is 0.250. The molecule has 1 amide bonds. The van der Waals surface area contributed by atoms with E-state index in [4.69, 9.17) is 4.74 Å². The number of hydrogen-bond acceptors (Lipinski definition) is 7. The summed E-state index contributed by atoms with van der Waals surface area (Å²) < 4.78 is 5.35. The van der Waals surface area contributed by atoms with Crippen molar-refractivity contribution in [2.45, 2.75) is 32.9 Å². The van der Waals surface area contributed by atoms with Gasteiger partial charge in [-0.25, -0.2) is 9.79 Å². The first-order valence-corrected chi connectivity index (χ1v) is 11.3. The van der Waals surface area contributed by atoms with Gasteiger partial charge in [0.15, 0.2) is 5.17 Å². The highest BCUT2D eigenvalue weighted by Gasteiger charge is 2.40. The Labute approximate surface area is 191 Å². The lowest BCUT2D eigenvalue weighted by molar-refractivity contribution is -0.139. The summed E-state index contributed by atoms with van der Waals surface area (Å²) in [6.45, 7) is 4.24. The molecule has 0 saturated carbocycles. The van der Waals surface area contributed by atoms with Crippen LogP contribution in [0.4, 0.5) is 0 Å². The number of allylic oxidation sites excluding steroid dienone is 1. The average Bonchev–Trinajstić information content (AvgIpc) is 3.20. The summed E-state index contributed by atoms with van der Waals surface area (Å²) in [6, 6.07) is 14.9. The molecule has 7 nitrogen and oxygen atoms in total. The van der Waals surface area contributed by atoms with Gasteiger partial charge in [-0.2, -0.15) is 0 Å². The Morgan fingerprint density at radius 1 is 1.16 bits per heavy atom. The fourth-order valence-electron chi connectivity index (χ4n) is 3.71. The number of carbonyl (C=O) groups is 2. The van der Waals surface area contributed by atoms with Crippen molar-refractivity contribution in [2.75, 3.05) is 6.61 Å². The van der Waals surface area contributed by atoms with Crippen molar-refractivity contribution in [1.82, 2.24) is 15.2 Å². The number of ether oxygens (including phenoxy) is 1. The molecule has 1 aromatic carbocycles. The maximum Gasteiger partial charge on any atom is 0.338 e. The Morgan fingerprint density at radius 2 is 1.94 bits per heavy atom. The van der Waals surface area contributed by atoms with Gasteiger partial charge in [0, 0.05) is 11.9 Å². The van der Waals surface area contributed by atoms with Crippen LogP contribution in [0.3, 0.4) is 0 Å². The molecular formula is C24H24N4O3S. The summed E-state index contributed by atoms with van der Waals surface area (Å²) in [5.74, 6) is -0.517.